The summed E-state index contributed by atoms with van der Waals surface area (Å²) in [7, 11) is 1.84. The summed E-state index contributed by atoms with van der Waals surface area (Å²) in [4.78, 5) is 27.9. The van der Waals surface area contributed by atoms with Crippen molar-refractivity contribution in [3.63, 3.8) is 0 Å². The molecular formula is C20H21ClN4O2S. The highest BCUT2D eigenvalue weighted by molar-refractivity contribution is 8.00. The number of carbonyl (C=O) groups is 2. The van der Waals surface area contributed by atoms with Gasteiger partial charge in [-0.2, -0.15) is 0 Å². The Morgan fingerprint density at radius 3 is 2.50 bits per heavy atom. The number of aryl methyl sites for hydroxylation is 1. The number of hydrogen-bond acceptors (Lipinski definition) is 5. The summed E-state index contributed by atoms with van der Waals surface area (Å²) >= 11 is 7.58. The van der Waals surface area contributed by atoms with Crippen LogP contribution in [0.3, 0.4) is 0 Å². The molecule has 1 aromatic carbocycles. The summed E-state index contributed by atoms with van der Waals surface area (Å²) in [6.07, 6.45) is 0. The molecule has 2 heterocycles. The number of nitrogens with one attached hydrogen (secondary N) is 1. The number of carbonyl (C=O) groups excluding carboxylic acids is 2. The fourth-order valence-corrected chi connectivity index (χ4v) is 4.33. The van der Waals surface area contributed by atoms with Gasteiger partial charge < -0.3 is 9.55 Å². The van der Waals surface area contributed by atoms with E-state index in [1.807, 2.05) is 36.7 Å². The Morgan fingerprint density at radius 2 is 1.89 bits per heavy atom. The van der Waals surface area contributed by atoms with Crippen molar-refractivity contribution in [1.29, 1.82) is 0 Å². The molecular weight excluding hydrogens is 396 g/mol. The topological polar surface area (TPSA) is 80.6 Å². The van der Waals surface area contributed by atoms with Crippen LogP contribution in [0.25, 0.3) is 11.4 Å². The molecule has 146 valence electrons. The molecule has 0 bridgehead atoms. The fraction of sp³-hybridized carbons (Fsp3) is 0.300. The van der Waals surface area contributed by atoms with Crippen LogP contribution in [0.15, 0.2) is 29.4 Å². The molecule has 1 atom stereocenters. The van der Waals surface area contributed by atoms with E-state index in [9.17, 15) is 9.59 Å². The number of hydrogen-bond donors (Lipinski definition) is 1. The first kappa shape index (κ1) is 20.4. The number of halogens is 1. The lowest BCUT2D eigenvalue weighted by Crippen LogP contribution is -2.16. The molecule has 1 N–H and O–H groups in total. The van der Waals surface area contributed by atoms with Crippen LogP contribution >= 0.6 is 23.4 Å². The van der Waals surface area contributed by atoms with Crippen molar-refractivity contribution in [2.24, 2.45) is 7.05 Å². The SMILES string of the molecule is CC(=O)c1c(C)[nH]c(C(=O)[C@@H](C)Sc2nnc(-c3ccccc3Cl)n2C)c1C. The minimum absolute atomic E-state index is 0.0525. The summed E-state index contributed by atoms with van der Waals surface area (Å²) in [6.45, 7) is 6.92. The Balaban J connectivity index is 1.85. The van der Waals surface area contributed by atoms with Crippen molar-refractivity contribution < 1.29 is 9.59 Å². The van der Waals surface area contributed by atoms with Crippen LogP contribution in [-0.2, 0) is 7.05 Å². The molecule has 0 saturated carbocycles. The van der Waals surface area contributed by atoms with E-state index < -0.39 is 5.25 Å². The van der Waals surface area contributed by atoms with Gasteiger partial charge in [0.1, 0.15) is 0 Å². The average Bonchev–Trinajstić information content (AvgIpc) is 3.14. The lowest BCUT2D eigenvalue weighted by atomic mass is 10.0. The molecule has 8 heteroatoms. The van der Waals surface area contributed by atoms with Gasteiger partial charge in [-0.15, -0.1) is 10.2 Å². The number of ketones is 2. The second-order valence-corrected chi connectivity index (χ2v) is 8.37. The molecule has 0 aliphatic carbocycles. The monoisotopic (exact) mass is 416 g/mol. The van der Waals surface area contributed by atoms with Gasteiger partial charge in [0.15, 0.2) is 22.5 Å². The molecule has 0 radical (unpaired) electrons. The third-order valence-corrected chi connectivity index (χ3v) is 6.10. The van der Waals surface area contributed by atoms with Crippen molar-refractivity contribution in [2.75, 3.05) is 0 Å². The zero-order valence-corrected chi connectivity index (χ0v) is 17.9. The lowest BCUT2D eigenvalue weighted by Gasteiger charge is -2.10. The quantitative estimate of drug-likeness (QED) is 0.467. The van der Waals surface area contributed by atoms with Crippen LogP contribution in [-0.4, -0.2) is 36.6 Å². The Morgan fingerprint density at radius 1 is 1.21 bits per heavy atom. The van der Waals surface area contributed by atoms with Gasteiger partial charge in [-0.3, -0.25) is 9.59 Å². The largest absolute Gasteiger partial charge is 0.355 e. The predicted octanol–water partition coefficient (Wildman–Crippen LogP) is 4.65. The van der Waals surface area contributed by atoms with Gasteiger partial charge in [0.05, 0.1) is 16.0 Å². The number of Topliss-reactive ketones (excluding diaryl/α,β-unsaturated/α-hetero) is 2. The van der Waals surface area contributed by atoms with Crippen LogP contribution in [0.4, 0.5) is 0 Å². The Hall–Kier alpha value is -2.38. The third kappa shape index (κ3) is 3.64. The van der Waals surface area contributed by atoms with E-state index in [0.717, 1.165) is 5.56 Å². The summed E-state index contributed by atoms with van der Waals surface area (Å²) < 4.78 is 1.82. The summed E-state index contributed by atoms with van der Waals surface area (Å²) in [5.74, 6) is 0.502. The zero-order valence-electron chi connectivity index (χ0n) is 16.3. The standard InChI is InChI=1S/C20H21ClN4O2S/c1-10-16(12(3)26)11(2)22-17(10)18(27)13(4)28-20-24-23-19(25(20)5)14-8-6-7-9-15(14)21/h6-9,13,22H,1-5H3/t13-/m1/s1. The van der Waals surface area contributed by atoms with Crippen molar-refractivity contribution in [1.82, 2.24) is 19.7 Å². The maximum Gasteiger partial charge on any atom is 0.192 e. The Bertz CT molecular complexity index is 1070. The number of nitrogens with zero attached hydrogens (tertiary/aromatic N) is 3. The molecule has 0 unspecified atom stereocenters. The van der Waals surface area contributed by atoms with Crippen molar-refractivity contribution in [3.8, 4) is 11.4 Å². The maximum absolute atomic E-state index is 13.0. The van der Waals surface area contributed by atoms with Crippen LogP contribution in [0.1, 0.15) is 46.0 Å². The molecule has 0 fully saturated rings. The normalized spacial score (nSPS) is 12.2. The fourth-order valence-electron chi connectivity index (χ4n) is 3.23. The van der Waals surface area contributed by atoms with Crippen molar-refractivity contribution >= 4 is 34.9 Å². The first-order chi connectivity index (χ1) is 13.2. The second kappa shape index (κ2) is 7.93. The van der Waals surface area contributed by atoms with Gasteiger partial charge >= 0.3 is 0 Å². The van der Waals surface area contributed by atoms with E-state index in [0.29, 0.717) is 38.5 Å². The predicted molar refractivity (Wildman–Crippen MR) is 111 cm³/mol. The van der Waals surface area contributed by atoms with E-state index in [-0.39, 0.29) is 11.6 Å². The van der Waals surface area contributed by atoms with Crippen LogP contribution in [0.5, 0.6) is 0 Å². The number of rotatable bonds is 6. The smallest absolute Gasteiger partial charge is 0.192 e. The number of thioether (sulfide) groups is 1. The van der Waals surface area contributed by atoms with Crippen molar-refractivity contribution in [2.45, 2.75) is 38.1 Å². The highest BCUT2D eigenvalue weighted by atomic mass is 35.5. The average molecular weight is 417 g/mol. The summed E-state index contributed by atoms with van der Waals surface area (Å²) in [5.41, 5.74) is 3.24. The molecule has 3 rings (SSSR count). The number of H-pyrrole nitrogens is 1. The van der Waals surface area contributed by atoms with Crippen LogP contribution in [0.2, 0.25) is 5.02 Å². The minimum atomic E-state index is -0.404. The highest BCUT2D eigenvalue weighted by Gasteiger charge is 2.26. The number of benzene rings is 1. The second-order valence-electron chi connectivity index (χ2n) is 6.65. The van der Waals surface area contributed by atoms with Gasteiger partial charge in [-0.1, -0.05) is 35.5 Å². The van der Waals surface area contributed by atoms with Gasteiger partial charge in [0, 0.05) is 23.9 Å². The zero-order chi connectivity index (χ0) is 20.6. The maximum atomic E-state index is 13.0. The van der Waals surface area contributed by atoms with E-state index in [2.05, 4.69) is 15.2 Å². The Kier molecular flexibility index (Phi) is 5.76. The lowest BCUT2D eigenvalue weighted by molar-refractivity contribution is 0.0988. The van der Waals surface area contributed by atoms with E-state index in [1.165, 1.54) is 18.7 Å². The summed E-state index contributed by atoms with van der Waals surface area (Å²) in [5, 5.41) is 9.26. The molecule has 0 aliphatic rings. The molecule has 0 saturated heterocycles. The van der Waals surface area contributed by atoms with Crippen LogP contribution in [0, 0.1) is 13.8 Å². The first-order valence-corrected chi connectivity index (χ1v) is 10.0. The highest BCUT2D eigenvalue weighted by Crippen LogP contribution is 2.31. The molecule has 0 spiro atoms. The van der Waals surface area contributed by atoms with Gasteiger partial charge in [-0.05, 0) is 45.4 Å². The van der Waals surface area contributed by atoms with E-state index in [1.54, 1.807) is 19.9 Å². The number of aromatic amines is 1. The van der Waals surface area contributed by atoms with Crippen molar-refractivity contribution in [3.05, 3.63) is 51.8 Å². The first-order valence-electron chi connectivity index (χ1n) is 8.77. The number of aromatic nitrogens is 4. The molecule has 0 amide bonds. The molecule has 3 aromatic rings. The summed E-state index contributed by atoms with van der Waals surface area (Å²) in [6, 6.07) is 7.42. The Labute approximate surface area is 172 Å². The van der Waals surface area contributed by atoms with Gasteiger partial charge in [-0.25, -0.2) is 0 Å². The van der Waals surface area contributed by atoms with Gasteiger partial charge in [0.25, 0.3) is 0 Å². The third-order valence-electron chi connectivity index (χ3n) is 4.64. The van der Waals surface area contributed by atoms with Gasteiger partial charge in [0.2, 0.25) is 0 Å². The van der Waals surface area contributed by atoms with Crippen LogP contribution < -0.4 is 0 Å². The minimum Gasteiger partial charge on any atom is -0.355 e. The molecule has 0 aliphatic heterocycles. The van der Waals surface area contributed by atoms with E-state index >= 15 is 0 Å². The molecule has 28 heavy (non-hydrogen) atoms. The van der Waals surface area contributed by atoms with E-state index in [4.69, 9.17) is 11.6 Å². The molecule has 6 nitrogen and oxygen atoms in total. The molecule has 2 aromatic heterocycles.